The summed E-state index contributed by atoms with van der Waals surface area (Å²) in [5.41, 5.74) is 0.0819. The van der Waals surface area contributed by atoms with Gasteiger partial charge in [-0.05, 0) is 69.4 Å². The van der Waals surface area contributed by atoms with Gasteiger partial charge in [0, 0.05) is 17.3 Å². The highest BCUT2D eigenvalue weighted by atomic mass is 32.1. The fourth-order valence-electron chi connectivity index (χ4n) is 4.97. The van der Waals surface area contributed by atoms with Crippen molar-refractivity contribution in [3.05, 3.63) is 83.3 Å². The van der Waals surface area contributed by atoms with E-state index in [2.05, 4.69) is 20.9 Å². The smallest absolute Gasteiger partial charge is 0.262 e. The van der Waals surface area contributed by atoms with Gasteiger partial charge in [-0.3, -0.25) is 14.4 Å². The molecule has 3 amide bonds. The average Bonchev–Trinajstić information content (AvgIpc) is 3.58. The zero-order valence-corrected chi connectivity index (χ0v) is 23.6. The van der Waals surface area contributed by atoms with Crippen LogP contribution in [0.15, 0.2) is 72.8 Å². The van der Waals surface area contributed by atoms with Gasteiger partial charge >= 0.3 is 0 Å². The Morgan fingerprint density at radius 1 is 1.03 bits per heavy atom. The minimum Gasteiger partial charge on any atom is -0.353 e. The maximum Gasteiger partial charge on any atom is 0.262 e. The van der Waals surface area contributed by atoms with Gasteiger partial charge < -0.3 is 20.9 Å². The predicted molar refractivity (Wildman–Crippen MR) is 158 cm³/mol. The topological polar surface area (TPSA) is 90.5 Å². The first-order valence-electron chi connectivity index (χ1n) is 13.6. The van der Waals surface area contributed by atoms with Crippen LogP contribution in [0.2, 0.25) is 0 Å². The van der Waals surface area contributed by atoms with Gasteiger partial charge in [0.25, 0.3) is 5.91 Å². The second-order valence-corrected chi connectivity index (χ2v) is 11.6. The Morgan fingerprint density at radius 3 is 2.46 bits per heavy atom. The summed E-state index contributed by atoms with van der Waals surface area (Å²) in [7, 11) is 4.00. The van der Waals surface area contributed by atoms with Crippen molar-refractivity contribution in [3.8, 4) is 0 Å². The molecule has 0 saturated heterocycles. The van der Waals surface area contributed by atoms with E-state index in [1.807, 2.05) is 74.8 Å². The van der Waals surface area contributed by atoms with Crippen LogP contribution in [-0.4, -0.2) is 61.4 Å². The molecule has 206 valence electrons. The molecule has 0 bridgehead atoms. The molecule has 1 aliphatic carbocycles. The second-order valence-electron chi connectivity index (χ2n) is 10.5. The van der Waals surface area contributed by atoms with E-state index >= 15 is 0 Å². The van der Waals surface area contributed by atoms with E-state index in [9.17, 15) is 14.4 Å². The molecule has 0 radical (unpaired) electrons. The maximum atomic E-state index is 13.8. The number of nitrogens with zero attached hydrogens (tertiary/aromatic N) is 1. The van der Waals surface area contributed by atoms with E-state index in [-0.39, 0.29) is 17.7 Å². The van der Waals surface area contributed by atoms with Gasteiger partial charge in [-0.1, -0.05) is 67.4 Å². The molecule has 3 N–H and O–H groups in total. The number of thiophene rings is 1. The first-order chi connectivity index (χ1) is 18.8. The molecule has 0 spiro atoms. The molecule has 39 heavy (non-hydrogen) atoms. The van der Waals surface area contributed by atoms with Gasteiger partial charge in [-0.15, -0.1) is 11.3 Å². The zero-order chi connectivity index (χ0) is 27.7. The van der Waals surface area contributed by atoms with Crippen LogP contribution >= 0.6 is 11.3 Å². The molecular formula is C31H38N4O3S. The van der Waals surface area contributed by atoms with Gasteiger partial charge in [0.05, 0.1) is 10.9 Å². The lowest BCUT2D eigenvalue weighted by molar-refractivity contribution is -0.127. The van der Waals surface area contributed by atoms with Crippen LogP contribution in [0.25, 0.3) is 10.1 Å². The molecule has 1 atom stereocenters. The van der Waals surface area contributed by atoms with Gasteiger partial charge in [0.1, 0.15) is 5.54 Å². The van der Waals surface area contributed by atoms with Crippen LogP contribution < -0.4 is 16.0 Å². The van der Waals surface area contributed by atoms with E-state index in [4.69, 9.17) is 0 Å². The standard InChI is InChI=1S/C31H38N4O3S/c1-35(2)20-10-19-32-28(36)16-15-25(21-23-11-4-3-5-12-23)33-30(38)31(17-8-9-18-31)34-29(37)27-22-24-13-6-7-14-26(24)39-27/h3-7,11-16,22,25H,8-10,17-21H2,1-2H3,(H,32,36)(H,33,38)(H,34,37)/t25-/m0/s1. The monoisotopic (exact) mass is 546 g/mol. The quantitative estimate of drug-likeness (QED) is 0.233. The second kappa shape index (κ2) is 13.5. The summed E-state index contributed by atoms with van der Waals surface area (Å²) in [5, 5.41) is 10.2. The lowest BCUT2D eigenvalue weighted by Gasteiger charge is -2.30. The van der Waals surface area contributed by atoms with Gasteiger partial charge in [0.2, 0.25) is 11.8 Å². The van der Waals surface area contributed by atoms with Crippen LogP contribution in [0.3, 0.4) is 0 Å². The average molecular weight is 547 g/mol. The summed E-state index contributed by atoms with van der Waals surface area (Å²) < 4.78 is 1.04. The minimum atomic E-state index is -0.968. The Hall–Kier alpha value is -3.49. The highest BCUT2D eigenvalue weighted by Crippen LogP contribution is 2.32. The highest BCUT2D eigenvalue weighted by Gasteiger charge is 2.43. The Labute approximate surface area is 234 Å². The lowest BCUT2D eigenvalue weighted by atomic mass is 9.94. The molecule has 1 saturated carbocycles. The van der Waals surface area contributed by atoms with Crippen molar-refractivity contribution in [1.82, 2.24) is 20.9 Å². The van der Waals surface area contributed by atoms with E-state index in [0.29, 0.717) is 30.7 Å². The summed E-state index contributed by atoms with van der Waals surface area (Å²) in [6, 6.07) is 19.2. The zero-order valence-electron chi connectivity index (χ0n) is 22.7. The van der Waals surface area contributed by atoms with Crippen LogP contribution in [-0.2, 0) is 16.0 Å². The summed E-state index contributed by atoms with van der Waals surface area (Å²) >= 11 is 1.43. The third-order valence-electron chi connectivity index (χ3n) is 7.07. The number of nitrogens with one attached hydrogen (secondary N) is 3. The summed E-state index contributed by atoms with van der Waals surface area (Å²) in [6.45, 7) is 1.48. The van der Waals surface area contributed by atoms with Gasteiger partial charge in [0.15, 0.2) is 0 Å². The number of benzene rings is 2. The summed E-state index contributed by atoms with van der Waals surface area (Å²) in [6.07, 6.45) is 7.57. The highest BCUT2D eigenvalue weighted by molar-refractivity contribution is 7.20. The molecule has 4 rings (SSSR count). The largest absolute Gasteiger partial charge is 0.353 e. The number of carbonyl (C=O) groups is 3. The molecule has 8 heteroatoms. The molecule has 0 unspecified atom stereocenters. The summed E-state index contributed by atoms with van der Waals surface area (Å²) in [5.74, 6) is -0.610. The molecule has 0 aliphatic heterocycles. The molecule has 1 fully saturated rings. The van der Waals surface area contributed by atoms with Crippen molar-refractivity contribution >= 4 is 39.1 Å². The van der Waals surface area contributed by atoms with Crippen molar-refractivity contribution in [3.63, 3.8) is 0 Å². The van der Waals surface area contributed by atoms with Crippen molar-refractivity contribution in [2.45, 2.75) is 50.1 Å². The predicted octanol–water partition coefficient (Wildman–Crippen LogP) is 4.30. The minimum absolute atomic E-state index is 0.185. The first-order valence-corrected chi connectivity index (χ1v) is 14.4. The van der Waals surface area contributed by atoms with Gasteiger partial charge in [-0.25, -0.2) is 0 Å². The van der Waals surface area contributed by atoms with Crippen molar-refractivity contribution in [2.24, 2.45) is 0 Å². The molecule has 1 aliphatic rings. The van der Waals surface area contributed by atoms with Gasteiger partial charge in [-0.2, -0.15) is 0 Å². The van der Waals surface area contributed by atoms with Crippen LogP contribution in [0, 0.1) is 0 Å². The molecule has 3 aromatic rings. The fraction of sp³-hybridized carbons (Fsp3) is 0.387. The van der Waals surface area contributed by atoms with Crippen LogP contribution in [0.4, 0.5) is 0 Å². The number of amides is 3. The third kappa shape index (κ3) is 8.00. The SMILES string of the molecule is CN(C)CCCNC(=O)C=C[C@@H](Cc1ccccc1)NC(=O)C1(NC(=O)c2cc3ccccc3s2)CCCC1. The van der Waals surface area contributed by atoms with E-state index in [1.54, 1.807) is 6.08 Å². The number of rotatable bonds is 12. The number of carbonyl (C=O) groups excluding carboxylic acids is 3. The number of hydrogen-bond acceptors (Lipinski definition) is 5. The molecule has 2 aromatic carbocycles. The molecule has 1 heterocycles. The fourth-order valence-corrected chi connectivity index (χ4v) is 5.93. The normalized spacial score (nSPS) is 15.5. The molecule has 7 nitrogen and oxygen atoms in total. The Morgan fingerprint density at radius 2 is 1.74 bits per heavy atom. The van der Waals surface area contributed by atoms with E-state index < -0.39 is 11.6 Å². The summed E-state index contributed by atoms with van der Waals surface area (Å²) in [4.78, 5) is 42.2. The Bertz CT molecular complexity index is 1260. The Balaban J connectivity index is 1.46. The Kier molecular flexibility index (Phi) is 9.90. The molecular weight excluding hydrogens is 508 g/mol. The van der Waals surface area contributed by atoms with E-state index in [1.165, 1.54) is 17.4 Å². The maximum absolute atomic E-state index is 13.8. The van der Waals surface area contributed by atoms with Crippen molar-refractivity contribution in [1.29, 1.82) is 0 Å². The van der Waals surface area contributed by atoms with Crippen molar-refractivity contribution in [2.75, 3.05) is 27.2 Å². The number of fused-ring (bicyclic) bond motifs is 1. The van der Waals surface area contributed by atoms with Crippen LogP contribution in [0.1, 0.15) is 47.3 Å². The number of hydrogen-bond donors (Lipinski definition) is 3. The third-order valence-corrected chi connectivity index (χ3v) is 8.18. The molecule has 1 aromatic heterocycles. The van der Waals surface area contributed by atoms with Crippen molar-refractivity contribution < 1.29 is 14.4 Å². The lowest BCUT2D eigenvalue weighted by Crippen LogP contribution is -2.58. The first kappa shape index (κ1) is 28.5. The van der Waals surface area contributed by atoms with E-state index in [0.717, 1.165) is 41.5 Å². The van der Waals surface area contributed by atoms with Crippen LogP contribution in [0.5, 0.6) is 0 Å².